The van der Waals surface area contributed by atoms with E-state index in [0.29, 0.717) is 17.8 Å². The highest BCUT2D eigenvalue weighted by molar-refractivity contribution is 5.60. The van der Waals surface area contributed by atoms with E-state index in [9.17, 15) is 4.79 Å². The topological polar surface area (TPSA) is 76.0 Å². The van der Waals surface area contributed by atoms with Gasteiger partial charge in [-0.1, -0.05) is 27.2 Å². The number of aliphatic hydroxyl groups excluding tert-OH is 2. The predicted molar refractivity (Wildman–Crippen MR) is 70.7 cm³/mol. The van der Waals surface area contributed by atoms with Gasteiger partial charge < -0.3 is 19.7 Å². The van der Waals surface area contributed by atoms with Gasteiger partial charge >= 0.3 is 6.16 Å². The van der Waals surface area contributed by atoms with E-state index in [0.717, 1.165) is 12.8 Å². The van der Waals surface area contributed by atoms with Crippen molar-refractivity contribution in [3.63, 3.8) is 0 Å². The maximum absolute atomic E-state index is 11.6. The Morgan fingerprint density at radius 1 is 1.37 bits per heavy atom. The molecule has 4 atom stereocenters. The molecule has 1 fully saturated rings. The van der Waals surface area contributed by atoms with Crippen LogP contribution in [-0.2, 0) is 9.47 Å². The fourth-order valence-electron chi connectivity index (χ4n) is 2.62. The smallest absolute Gasteiger partial charge is 0.431 e. The predicted octanol–water partition coefficient (Wildman–Crippen LogP) is 1.95. The highest BCUT2D eigenvalue weighted by Gasteiger charge is 2.33. The van der Waals surface area contributed by atoms with Crippen LogP contribution in [0.15, 0.2) is 0 Å². The number of aliphatic hydroxyl groups is 2. The zero-order chi connectivity index (χ0) is 14.4. The first kappa shape index (κ1) is 16.2. The summed E-state index contributed by atoms with van der Waals surface area (Å²) in [6.07, 6.45) is 1.19. The summed E-state index contributed by atoms with van der Waals surface area (Å²) in [5, 5.41) is 17.7. The molecule has 0 spiro atoms. The fourth-order valence-corrected chi connectivity index (χ4v) is 2.62. The number of carbonyl (C=O) groups is 1. The molecule has 0 heterocycles. The van der Waals surface area contributed by atoms with E-state index in [-0.39, 0.29) is 12.7 Å². The van der Waals surface area contributed by atoms with Crippen LogP contribution >= 0.6 is 0 Å². The Hall–Kier alpha value is -0.810. The van der Waals surface area contributed by atoms with Crippen molar-refractivity contribution in [2.24, 2.45) is 17.8 Å². The van der Waals surface area contributed by atoms with Crippen molar-refractivity contribution in [2.75, 3.05) is 13.2 Å². The number of ether oxygens (including phenoxy) is 2. The van der Waals surface area contributed by atoms with Gasteiger partial charge in [0, 0.05) is 0 Å². The van der Waals surface area contributed by atoms with Crippen molar-refractivity contribution in [1.29, 1.82) is 0 Å². The summed E-state index contributed by atoms with van der Waals surface area (Å²) < 4.78 is 10.2. The molecule has 5 heteroatoms. The highest BCUT2D eigenvalue weighted by atomic mass is 16.7. The molecule has 1 aliphatic rings. The molecule has 0 bridgehead atoms. The van der Waals surface area contributed by atoms with Crippen LogP contribution in [0.3, 0.4) is 0 Å². The Balaban J connectivity index is 2.44. The van der Waals surface area contributed by atoms with Crippen molar-refractivity contribution >= 4 is 6.16 Å². The Kier molecular flexibility index (Phi) is 6.58. The monoisotopic (exact) mass is 274 g/mol. The summed E-state index contributed by atoms with van der Waals surface area (Å²) in [4.78, 5) is 11.6. The molecule has 0 amide bonds. The van der Waals surface area contributed by atoms with Crippen LogP contribution < -0.4 is 0 Å². The van der Waals surface area contributed by atoms with E-state index >= 15 is 0 Å². The van der Waals surface area contributed by atoms with Gasteiger partial charge in [-0.2, -0.15) is 0 Å². The molecule has 1 saturated carbocycles. The number of hydrogen-bond acceptors (Lipinski definition) is 5. The van der Waals surface area contributed by atoms with Crippen molar-refractivity contribution in [2.45, 2.75) is 52.2 Å². The lowest BCUT2D eigenvalue weighted by molar-refractivity contribution is -0.0475. The summed E-state index contributed by atoms with van der Waals surface area (Å²) in [6.45, 7) is 5.77. The molecule has 0 aromatic heterocycles. The van der Waals surface area contributed by atoms with E-state index in [2.05, 4.69) is 20.8 Å². The van der Waals surface area contributed by atoms with Gasteiger partial charge in [0.2, 0.25) is 0 Å². The second kappa shape index (κ2) is 7.70. The lowest BCUT2D eigenvalue weighted by Gasteiger charge is -2.36. The van der Waals surface area contributed by atoms with Gasteiger partial charge in [-0.25, -0.2) is 4.79 Å². The number of carbonyl (C=O) groups excluding carboxylic acids is 1. The van der Waals surface area contributed by atoms with Crippen LogP contribution in [0.2, 0.25) is 0 Å². The average molecular weight is 274 g/mol. The Bertz CT molecular complexity index is 279. The first-order valence-electron chi connectivity index (χ1n) is 7.06. The third-order valence-electron chi connectivity index (χ3n) is 3.81. The van der Waals surface area contributed by atoms with Gasteiger partial charge in [0.05, 0.1) is 6.61 Å². The quantitative estimate of drug-likeness (QED) is 0.749. The van der Waals surface area contributed by atoms with Crippen molar-refractivity contribution in [3.05, 3.63) is 0 Å². The zero-order valence-electron chi connectivity index (χ0n) is 12.0. The number of rotatable bonds is 5. The van der Waals surface area contributed by atoms with Crippen molar-refractivity contribution < 1.29 is 24.5 Å². The molecular formula is C14H26O5. The minimum atomic E-state index is -1.04. The second-order valence-electron chi connectivity index (χ2n) is 5.88. The van der Waals surface area contributed by atoms with Crippen LogP contribution in [0, 0.1) is 17.8 Å². The van der Waals surface area contributed by atoms with Crippen molar-refractivity contribution in [1.82, 2.24) is 0 Å². The minimum Gasteiger partial charge on any atom is -0.431 e. The van der Waals surface area contributed by atoms with E-state index < -0.39 is 18.9 Å². The van der Waals surface area contributed by atoms with E-state index in [1.807, 2.05) is 0 Å². The van der Waals surface area contributed by atoms with Crippen molar-refractivity contribution in [3.8, 4) is 0 Å². The molecule has 0 saturated heterocycles. The average Bonchev–Trinajstić information content (AvgIpc) is 2.35. The van der Waals surface area contributed by atoms with Gasteiger partial charge in [0.25, 0.3) is 0 Å². The standard InChI is InChI=1S/C14H26O5/c1-9(2)12-5-4-10(3)6-13(12)19-14(17)18-8-11(16)7-15/h9-13,15-16H,4-8H2,1-3H3. The lowest BCUT2D eigenvalue weighted by Crippen LogP contribution is -2.36. The molecule has 2 N–H and O–H groups in total. The Morgan fingerprint density at radius 2 is 2.05 bits per heavy atom. The van der Waals surface area contributed by atoms with Gasteiger partial charge in [0.15, 0.2) is 0 Å². The summed E-state index contributed by atoms with van der Waals surface area (Å²) in [6, 6.07) is 0. The zero-order valence-corrected chi connectivity index (χ0v) is 12.0. The molecule has 5 nitrogen and oxygen atoms in total. The van der Waals surface area contributed by atoms with Crippen LogP contribution in [0.1, 0.15) is 40.0 Å². The van der Waals surface area contributed by atoms with E-state index in [1.54, 1.807) is 0 Å². The lowest BCUT2D eigenvalue weighted by atomic mass is 9.75. The summed E-state index contributed by atoms with van der Waals surface area (Å²) >= 11 is 0. The normalized spacial score (nSPS) is 29.1. The van der Waals surface area contributed by atoms with E-state index in [4.69, 9.17) is 19.7 Å². The molecule has 0 aliphatic heterocycles. The van der Waals surface area contributed by atoms with Crippen LogP contribution in [0.25, 0.3) is 0 Å². The molecule has 0 aromatic rings. The highest BCUT2D eigenvalue weighted by Crippen LogP contribution is 2.35. The maximum Gasteiger partial charge on any atom is 0.508 e. The van der Waals surface area contributed by atoms with Gasteiger partial charge in [-0.15, -0.1) is 0 Å². The molecule has 112 valence electrons. The second-order valence-corrected chi connectivity index (χ2v) is 5.88. The third-order valence-corrected chi connectivity index (χ3v) is 3.81. The van der Waals surface area contributed by atoms with Crippen LogP contribution in [-0.4, -0.2) is 41.8 Å². The minimum absolute atomic E-state index is 0.109. The molecule has 0 radical (unpaired) electrons. The Morgan fingerprint density at radius 3 is 2.63 bits per heavy atom. The van der Waals surface area contributed by atoms with E-state index in [1.165, 1.54) is 6.42 Å². The maximum atomic E-state index is 11.6. The summed E-state index contributed by atoms with van der Waals surface area (Å²) in [5.74, 6) is 1.38. The molecule has 19 heavy (non-hydrogen) atoms. The van der Waals surface area contributed by atoms with Gasteiger partial charge in [0.1, 0.15) is 18.8 Å². The van der Waals surface area contributed by atoms with Crippen LogP contribution in [0.5, 0.6) is 0 Å². The van der Waals surface area contributed by atoms with Crippen LogP contribution in [0.4, 0.5) is 4.79 Å². The third kappa shape index (κ3) is 5.37. The first-order chi connectivity index (χ1) is 8.93. The van der Waals surface area contributed by atoms with Gasteiger partial charge in [-0.3, -0.25) is 0 Å². The molecular weight excluding hydrogens is 248 g/mol. The first-order valence-corrected chi connectivity index (χ1v) is 7.06. The molecule has 1 rings (SSSR count). The largest absolute Gasteiger partial charge is 0.508 e. The summed E-state index contributed by atoms with van der Waals surface area (Å²) in [7, 11) is 0. The molecule has 1 aliphatic carbocycles. The van der Waals surface area contributed by atoms with Gasteiger partial charge in [-0.05, 0) is 30.6 Å². The molecule has 4 unspecified atom stereocenters. The number of hydrogen-bond donors (Lipinski definition) is 2. The fraction of sp³-hybridized carbons (Fsp3) is 0.929. The Labute approximate surface area is 114 Å². The SMILES string of the molecule is CC1CCC(C(C)C)C(OC(=O)OCC(O)CO)C1. The molecule has 0 aromatic carbocycles. The summed E-state index contributed by atoms with van der Waals surface area (Å²) in [5.41, 5.74) is 0.